The van der Waals surface area contributed by atoms with Crippen molar-refractivity contribution in [2.45, 2.75) is 5.88 Å². The van der Waals surface area contributed by atoms with Crippen molar-refractivity contribution in [3.05, 3.63) is 54.0 Å². The van der Waals surface area contributed by atoms with Crippen LogP contribution in [0.5, 0.6) is 11.6 Å². The summed E-state index contributed by atoms with van der Waals surface area (Å²) in [6, 6.07) is 9.64. The average molecular weight is 238 g/mol. The van der Waals surface area contributed by atoms with Crippen LogP contribution < -0.4 is 4.74 Å². The Balaban J connectivity index is 2.24. The van der Waals surface area contributed by atoms with E-state index in [1.165, 1.54) is 6.07 Å². The summed E-state index contributed by atoms with van der Waals surface area (Å²) in [4.78, 5) is 3.98. The lowest BCUT2D eigenvalue weighted by atomic mass is 10.3. The molecule has 0 unspecified atom stereocenters. The van der Waals surface area contributed by atoms with Gasteiger partial charge in [-0.25, -0.2) is 9.37 Å². The summed E-state index contributed by atoms with van der Waals surface area (Å²) in [5.74, 6) is 0.446. The smallest absolute Gasteiger partial charge is 0.219 e. The third-order valence-corrected chi connectivity index (χ3v) is 2.31. The van der Waals surface area contributed by atoms with Gasteiger partial charge in [0, 0.05) is 18.1 Å². The molecule has 0 N–H and O–H groups in total. The van der Waals surface area contributed by atoms with E-state index in [9.17, 15) is 4.39 Å². The van der Waals surface area contributed by atoms with E-state index < -0.39 is 5.82 Å². The number of halogens is 2. The number of hydrogen-bond acceptors (Lipinski definition) is 2. The van der Waals surface area contributed by atoms with Gasteiger partial charge in [-0.2, -0.15) is 0 Å². The Labute approximate surface area is 97.7 Å². The Morgan fingerprint density at radius 3 is 2.81 bits per heavy atom. The Kier molecular flexibility index (Phi) is 3.37. The van der Waals surface area contributed by atoms with Crippen LogP contribution in [0.3, 0.4) is 0 Å². The molecule has 0 spiro atoms. The molecule has 1 heterocycles. The molecule has 0 saturated carbocycles. The van der Waals surface area contributed by atoms with Gasteiger partial charge in [-0.1, -0.05) is 12.1 Å². The van der Waals surface area contributed by atoms with Crippen molar-refractivity contribution in [3.63, 3.8) is 0 Å². The van der Waals surface area contributed by atoms with Gasteiger partial charge in [-0.3, -0.25) is 0 Å². The molecule has 0 aliphatic rings. The third kappa shape index (κ3) is 2.49. The zero-order valence-corrected chi connectivity index (χ0v) is 9.12. The van der Waals surface area contributed by atoms with E-state index in [-0.39, 0.29) is 5.75 Å². The highest BCUT2D eigenvalue weighted by Gasteiger charge is 2.04. The number of pyridine rings is 1. The zero-order chi connectivity index (χ0) is 11.4. The number of ether oxygens (including phenoxy) is 1. The molecule has 0 amide bonds. The Hall–Kier alpha value is -1.61. The highest BCUT2D eigenvalue weighted by Crippen LogP contribution is 2.23. The molecular weight excluding hydrogens is 229 g/mol. The molecule has 0 radical (unpaired) electrons. The quantitative estimate of drug-likeness (QED) is 0.759. The minimum atomic E-state index is -0.416. The fourth-order valence-electron chi connectivity index (χ4n) is 1.23. The second-order valence-corrected chi connectivity index (χ2v) is 3.44. The van der Waals surface area contributed by atoms with Gasteiger partial charge in [0.05, 0.1) is 0 Å². The number of rotatable bonds is 3. The van der Waals surface area contributed by atoms with Crippen molar-refractivity contribution in [1.82, 2.24) is 4.98 Å². The first kappa shape index (κ1) is 10.9. The number of alkyl halides is 1. The van der Waals surface area contributed by atoms with Gasteiger partial charge in [0.2, 0.25) is 5.88 Å². The predicted molar refractivity (Wildman–Crippen MR) is 60.3 cm³/mol. The molecule has 2 aromatic rings. The lowest BCUT2D eigenvalue weighted by Gasteiger charge is -2.05. The Morgan fingerprint density at radius 1 is 1.25 bits per heavy atom. The van der Waals surface area contributed by atoms with Crippen LogP contribution in [0.4, 0.5) is 4.39 Å². The summed E-state index contributed by atoms with van der Waals surface area (Å²) in [5.41, 5.74) is 0.878. The van der Waals surface area contributed by atoms with Gasteiger partial charge >= 0.3 is 0 Å². The standard InChI is InChI=1S/C12H9ClFNO/c13-8-9-5-6-15-12(7-9)16-11-4-2-1-3-10(11)14/h1-7H,8H2. The first-order valence-corrected chi connectivity index (χ1v) is 5.26. The van der Waals surface area contributed by atoms with E-state index in [0.29, 0.717) is 11.8 Å². The lowest BCUT2D eigenvalue weighted by Crippen LogP contribution is -1.91. The summed E-state index contributed by atoms with van der Waals surface area (Å²) in [7, 11) is 0. The summed E-state index contributed by atoms with van der Waals surface area (Å²) < 4.78 is 18.6. The average Bonchev–Trinajstić information content (AvgIpc) is 2.32. The monoisotopic (exact) mass is 237 g/mol. The van der Waals surface area contributed by atoms with E-state index >= 15 is 0 Å². The van der Waals surface area contributed by atoms with Gasteiger partial charge in [-0.05, 0) is 23.8 Å². The van der Waals surface area contributed by atoms with Gasteiger partial charge in [0.25, 0.3) is 0 Å². The molecule has 1 aromatic carbocycles. The van der Waals surface area contributed by atoms with Crippen LogP contribution in [-0.4, -0.2) is 4.98 Å². The largest absolute Gasteiger partial charge is 0.436 e. The van der Waals surface area contributed by atoms with E-state index in [1.807, 2.05) is 0 Å². The highest BCUT2D eigenvalue weighted by molar-refractivity contribution is 6.17. The first-order chi connectivity index (χ1) is 7.79. The zero-order valence-electron chi connectivity index (χ0n) is 8.36. The second kappa shape index (κ2) is 4.94. The number of aromatic nitrogens is 1. The molecule has 2 nitrogen and oxygen atoms in total. The summed E-state index contributed by atoms with van der Waals surface area (Å²) in [6.45, 7) is 0. The minimum absolute atomic E-state index is 0.154. The van der Waals surface area contributed by atoms with Crippen LogP contribution in [0, 0.1) is 5.82 Å². The Bertz CT molecular complexity index is 490. The molecule has 0 aliphatic carbocycles. The molecule has 0 atom stereocenters. The molecule has 4 heteroatoms. The number of benzene rings is 1. The second-order valence-electron chi connectivity index (χ2n) is 3.17. The van der Waals surface area contributed by atoms with Gasteiger partial charge < -0.3 is 4.74 Å². The van der Waals surface area contributed by atoms with Crippen molar-refractivity contribution < 1.29 is 9.13 Å². The molecule has 0 aliphatic heterocycles. The van der Waals surface area contributed by atoms with Crippen molar-refractivity contribution in [2.75, 3.05) is 0 Å². The Morgan fingerprint density at radius 2 is 2.06 bits per heavy atom. The van der Waals surface area contributed by atoms with Gasteiger partial charge in [0.1, 0.15) is 0 Å². The predicted octanol–water partition coefficient (Wildman–Crippen LogP) is 3.75. The number of hydrogen-bond donors (Lipinski definition) is 0. The minimum Gasteiger partial charge on any atom is -0.436 e. The van der Waals surface area contributed by atoms with E-state index in [1.54, 1.807) is 36.5 Å². The van der Waals surface area contributed by atoms with Crippen LogP contribution >= 0.6 is 11.6 Å². The fourth-order valence-corrected chi connectivity index (χ4v) is 1.40. The van der Waals surface area contributed by atoms with Crippen molar-refractivity contribution in [2.24, 2.45) is 0 Å². The topological polar surface area (TPSA) is 22.1 Å². The third-order valence-electron chi connectivity index (χ3n) is 2.00. The molecule has 0 fully saturated rings. The summed E-state index contributed by atoms with van der Waals surface area (Å²) in [5, 5.41) is 0. The fraction of sp³-hybridized carbons (Fsp3) is 0.0833. The maximum Gasteiger partial charge on any atom is 0.219 e. The van der Waals surface area contributed by atoms with E-state index in [2.05, 4.69) is 4.98 Å². The molecule has 2 rings (SSSR count). The number of nitrogens with zero attached hydrogens (tertiary/aromatic N) is 1. The summed E-state index contributed by atoms with van der Waals surface area (Å²) in [6.07, 6.45) is 1.58. The lowest BCUT2D eigenvalue weighted by molar-refractivity contribution is 0.427. The van der Waals surface area contributed by atoms with Crippen LogP contribution in [0.25, 0.3) is 0 Å². The SMILES string of the molecule is Fc1ccccc1Oc1cc(CCl)ccn1. The summed E-state index contributed by atoms with van der Waals surface area (Å²) >= 11 is 5.68. The van der Waals surface area contributed by atoms with Crippen molar-refractivity contribution in [3.8, 4) is 11.6 Å². The molecule has 0 bridgehead atoms. The van der Waals surface area contributed by atoms with E-state index in [4.69, 9.17) is 16.3 Å². The van der Waals surface area contributed by atoms with Gasteiger partial charge in [0.15, 0.2) is 11.6 Å². The maximum atomic E-state index is 13.3. The van der Waals surface area contributed by atoms with Crippen LogP contribution in [0.1, 0.15) is 5.56 Å². The first-order valence-electron chi connectivity index (χ1n) is 4.73. The molecule has 0 saturated heterocycles. The van der Waals surface area contributed by atoms with Crippen molar-refractivity contribution >= 4 is 11.6 Å². The number of para-hydroxylation sites is 1. The van der Waals surface area contributed by atoms with E-state index in [0.717, 1.165) is 5.56 Å². The van der Waals surface area contributed by atoms with Gasteiger partial charge in [-0.15, -0.1) is 11.6 Å². The van der Waals surface area contributed by atoms with Crippen LogP contribution in [-0.2, 0) is 5.88 Å². The molecule has 82 valence electrons. The van der Waals surface area contributed by atoms with Crippen LogP contribution in [0.15, 0.2) is 42.6 Å². The molecule has 1 aromatic heterocycles. The van der Waals surface area contributed by atoms with Crippen molar-refractivity contribution in [1.29, 1.82) is 0 Å². The van der Waals surface area contributed by atoms with Crippen LogP contribution in [0.2, 0.25) is 0 Å². The molecule has 16 heavy (non-hydrogen) atoms. The normalized spacial score (nSPS) is 10.1. The highest BCUT2D eigenvalue weighted by atomic mass is 35.5. The maximum absolute atomic E-state index is 13.3. The molecular formula is C12H9ClFNO.